The number of alkyl halides is 2. The van der Waals surface area contributed by atoms with E-state index in [4.69, 9.17) is 4.74 Å². The first-order chi connectivity index (χ1) is 12.9. The average molecular weight is 415 g/mol. The van der Waals surface area contributed by atoms with Crippen molar-refractivity contribution in [2.45, 2.75) is 89.3 Å². The molecule has 2 aliphatic carbocycles. The topological polar surface area (TPSA) is 67.4 Å². The number of carbonyl (C=O) groups excluding carboxylic acids is 2. The number of amides is 2. The third kappa shape index (κ3) is 5.43. The van der Waals surface area contributed by atoms with Crippen LogP contribution in [-0.2, 0) is 4.74 Å². The van der Waals surface area contributed by atoms with Gasteiger partial charge in [-0.3, -0.25) is 4.79 Å². The van der Waals surface area contributed by atoms with Gasteiger partial charge < -0.3 is 15.4 Å². The number of thiophene rings is 1. The van der Waals surface area contributed by atoms with Gasteiger partial charge in [-0.25, -0.2) is 13.6 Å². The summed E-state index contributed by atoms with van der Waals surface area (Å²) in [5, 5.41) is 5.76. The lowest BCUT2D eigenvalue weighted by atomic mass is 9.92. The molecular formula is C20H28F2N2O3S. The number of rotatable bonds is 4. The zero-order valence-corrected chi connectivity index (χ0v) is 17.6. The monoisotopic (exact) mass is 414 g/mol. The largest absolute Gasteiger partial charge is 0.444 e. The van der Waals surface area contributed by atoms with Gasteiger partial charge in [-0.2, -0.15) is 0 Å². The van der Waals surface area contributed by atoms with E-state index in [2.05, 4.69) is 10.6 Å². The Morgan fingerprint density at radius 3 is 2.46 bits per heavy atom. The van der Waals surface area contributed by atoms with Gasteiger partial charge in [0.1, 0.15) is 5.60 Å². The van der Waals surface area contributed by atoms with E-state index in [0.29, 0.717) is 17.7 Å². The highest BCUT2D eigenvalue weighted by atomic mass is 32.1. The molecule has 1 aromatic rings. The predicted octanol–water partition coefficient (Wildman–Crippen LogP) is 4.74. The number of aryl methyl sites for hydroxylation is 1. The van der Waals surface area contributed by atoms with Gasteiger partial charge in [0.05, 0.1) is 4.88 Å². The summed E-state index contributed by atoms with van der Waals surface area (Å²) in [7, 11) is 0. The Kier molecular flexibility index (Phi) is 5.71. The smallest absolute Gasteiger partial charge is 0.407 e. The Labute approximate surface area is 168 Å². The number of carbonyl (C=O) groups is 2. The van der Waals surface area contributed by atoms with Crippen molar-refractivity contribution in [2.75, 3.05) is 0 Å². The zero-order chi connectivity index (χ0) is 20.7. The third-order valence-electron chi connectivity index (χ3n) is 5.12. The van der Waals surface area contributed by atoms with E-state index in [9.17, 15) is 18.4 Å². The number of ether oxygens (including phenoxy) is 1. The molecule has 0 aliphatic heterocycles. The Morgan fingerprint density at radius 2 is 1.86 bits per heavy atom. The minimum Gasteiger partial charge on any atom is -0.444 e. The number of hydrogen-bond acceptors (Lipinski definition) is 4. The lowest BCUT2D eigenvalue weighted by molar-refractivity contribution is -0.0399. The lowest BCUT2D eigenvalue weighted by Crippen LogP contribution is -2.40. The van der Waals surface area contributed by atoms with Crippen LogP contribution in [0.25, 0.3) is 0 Å². The Bertz CT molecular complexity index is 747. The number of alkyl carbamates (subject to hydrolysis) is 1. The second-order valence-corrected chi connectivity index (χ2v) is 10.1. The first kappa shape index (κ1) is 21.0. The van der Waals surface area contributed by atoms with Gasteiger partial charge in [0.2, 0.25) is 5.92 Å². The number of halogens is 2. The SMILES string of the molecule is Cc1sc(C(=O)NC2CCC(F)(F)CC2)cc1[C@@H]1C[C@H]1NC(=O)OC(C)(C)C. The van der Waals surface area contributed by atoms with Crippen molar-refractivity contribution in [1.82, 2.24) is 10.6 Å². The zero-order valence-electron chi connectivity index (χ0n) is 16.7. The summed E-state index contributed by atoms with van der Waals surface area (Å²) < 4.78 is 31.8. The molecule has 0 saturated heterocycles. The molecule has 2 fully saturated rings. The van der Waals surface area contributed by atoms with Crippen LogP contribution < -0.4 is 10.6 Å². The summed E-state index contributed by atoms with van der Waals surface area (Å²) in [4.78, 5) is 26.1. The highest BCUT2D eigenvalue weighted by Gasteiger charge is 2.42. The van der Waals surface area contributed by atoms with E-state index >= 15 is 0 Å². The summed E-state index contributed by atoms with van der Waals surface area (Å²) in [6, 6.07) is 1.69. The Morgan fingerprint density at radius 1 is 1.21 bits per heavy atom. The number of hydrogen-bond donors (Lipinski definition) is 2. The molecule has 2 atom stereocenters. The second-order valence-electron chi connectivity index (χ2n) is 8.82. The minimum atomic E-state index is -2.60. The van der Waals surface area contributed by atoms with Crippen LogP contribution in [0.3, 0.4) is 0 Å². The van der Waals surface area contributed by atoms with Crippen LogP contribution in [0.2, 0.25) is 0 Å². The van der Waals surface area contributed by atoms with Crippen molar-refractivity contribution in [3.8, 4) is 0 Å². The molecule has 28 heavy (non-hydrogen) atoms. The fraction of sp³-hybridized carbons (Fsp3) is 0.700. The maximum atomic E-state index is 13.3. The first-order valence-electron chi connectivity index (χ1n) is 9.72. The molecule has 0 bridgehead atoms. The van der Waals surface area contributed by atoms with Crippen LogP contribution in [0.1, 0.15) is 78.9 Å². The van der Waals surface area contributed by atoms with Crippen LogP contribution >= 0.6 is 11.3 Å². The molecule has 1 heterocycles. The molecule has 0 unspecified atom stereocenters. The molecule has 5 nitrogen and oxygen atoms in total. The summed E-state index contributed by atoms with van der Waals surface area (Å²) in [5.74, 6) is -2.62. The highest BCUT2D eigenvalue weighted by molar-refractivity contribution is 7.14. The highest BCUT2D eigenvalue weighted by Crippen LogP contribution is 2.44. The maximum absolute atomic E-state index is 13.3. The Balaban J connectivity index is 1.54. The third-order valence-corrected chi connectivity index (χ3v) is 6.19. The quantitative estimate of drug-likeness (QED) is 0.747. The van der Waals surface area contributed by atoms with Gasteiger partial charge >= 0.3 is 6.09 Å². The molecule has 2 amide bonds. The molecule has 2 aliphatic rings. The van der Waals surface area contributed by atoms with Crippen LogP contribution in [-0.4, -0.2) is 35.6 Å². The van der Waals surface area contributed by atoms with Crippen molar-refractivity contribution >= 4 is 23.3 Å². The normalized spacial score (nSPS) is 24.5. The van der Waals surface area contributed by atoms with E-state index in [0.717, 1.165) is 16.9 Å². The van der Waals surface area contributed by atoms with Crippen molar-refractivity contribution in [3.05, 3.63) is 21.4 Å². The molecule has 0 spiro atoms. The molecule has 0 aromatic carbocycles. The average Bonchev–Trinajstić information content (AvgIpc) is 3.18. The van der Waals surface area contributed by atoms with Gasteiger partial charge in [-0.15, -0.1) is 11.3 Å². The van der Waals surface area contributed by atoms with Crippen LogP contribution in [0, 0.1) is 6.92 Å². The van der Waals surface area contributed by atoms with E-state index < -0.39 is 17.6 Å². The van der Waals surface area contributed by atoms with Crippen molar-refractivity contribution in [3.63, 3.8) is 0 Å². The lowest BCUT2D eigenvalue weighted by Gasteiger charge is -2.28. The van der Waals surface area contributed by atoms with E-state index in [1.54, 1.807) is 0 Å². The maximum Gasteiger partial charge on any atom is 0.407 e. The Hall–Kier alpha value is -1.70. The summed E-state index contributed by atoms with van der Waals surface area (Å²) in [6.45, 7) is 7.41. The van der Waals surface area contributed by atoms with E-state index in [1.807, 2.05) is 33.8 Å². The molecule has 0 radical (unpaired) electrons. The first-order valence-corrected chi connectivity index (χ1v) is 10.5. The van der Waals surface area contributed by atoms with Crippen molar-refractivity contribution in [1.29, 1.82) is 0 Å². The second kappa shape index (κ2) is 7.61. The van der Waals surface area contributed by atoms with Crippen LogP contribution in [0.4, 0.5) is 13.6 Å². The molecule has 3 rings (SSSR count). The molecule has 8 heteroatoms. The molecule has 2 saturated carbocycles. The van der Waals surface area contributed by atoms with Crippen molar-refractivity contribution in [2.24, 2.45) is 0 Å². The van der Waals surface area contributed by atoms with Crippen LogP contribution in [0.15, 0.2) is 6.07 Å². The molecule has 156 valence electrons. The van der Waals surface area contributed by atoms with Crippen LogP contribution in [0.5, 0.6) is 0 Å². The summed E-state index contributed by atoms with van der Waals surface area (Å²) in [5.41, 5.74) is 0.521. The van der Waals surface area contributed by atoms with Gasteiger partial charge in [0.15, 0.2) is 0 Å². The summed E-state index contributed by atoms with van der Waals surface area (Å²) in [6.07, 6.45) is 0.649. The van der Waals surface area contributed by atoms with Gasteiger partial charge in [-0.1, -0.05) is 0 Å². The standard InChI is InChI=1S/C20H28F2N2O3S/c1-11-13(14-9-15(14)24-18(26)27-19(2,3)4)10-16(28-11)17(25)23-12-5-7-20(21,22)8-6-12/h10,12,14-15H,5-9H2,1-4H3,(H,23,25)(H,24,26)/t14-,15+/m0/s1. The fourth-order valence-corrected chi connectivity index (χ4v) is 4.57. The van der Waals surface area contributed by atoms with E-state index in [-0.39, 0.29) is 36.8 Å². The summed E-state index contributed by atoms with van der Waals surface area (Å²) >= 11 is 1.41. The minimum absolute atomic E-state index is 0.0136. The number of nitrogens with one attached hydrogen (secondary N) is 2. The van der Waals surface area contributed by atoms with Gasteiger partial charge in [-0.05, 0) is 58.6 Å². The molecule has 1 aromatic heterocycles. The van der Waals surface area contributed by atoms with Gasteiger partial charge in [0.25, 0.3) is 5.91 Å². The fourth-order valence-electron chi connectivity index (χ4n) is 3.57. The van der Waals surface area contributed by atoms with Gasteiger partial charge in [0, 0.05) is 35.7 Å². The van der Waals surface area contributed by atoms with E-state index in [1.165, 1.54) is 11.3 Å². The predicted molar refractivity (Wildman–Crippen MR) is 104 cm³/mol. The molecule has 2 N–H and O–H groups in total. The van der Waals surface area contributed by atoms with Crippen molar-refractivity contribution < 1.29 is 23.1 Å². The molecular weight excluding hydrogens is 386 g/mol.